The van der Waals surface area contributed by atoms with Gasteiger partial charge in [0.1, 0.15) is 0 Å². The van der Waals surface area contributed by atoms with Crippen LogP contribution in [-0.4, -0.2) is 48.0 Å². The first-order valence-electron chi connectivity index (χ1n) is 13.3. The lowest BCUT2D eigenvalue weighted by Crippen LogP contribution is -2.49. The second kappa shape index (κ2) is 15.0. The Morgan fingerprint density at radius 3 is 2.15 bits per heavy atom. The van der Waals surface area contributed by atoms with E-state index < -0.39 is 22.8 Å². The quantitative estimate of drug-likeness (QED) is 0.209. The van der Waals surface area contributed by atoms with E-state index in [0.29, 0.717) is 24.9 Å². The first kappa shape index (κ1) is 29.9. The van der Waals surface area contributed by atoms with Crippen molar-refractivity contribution in [3.8, 4) is 0 Å². The van der Waals surface area contributed by atoms with E-state index >= 15 is 0 Å². The van der Waals surface area contributed by atoms with Gasteiger partial charge in [-0.25, -0.2) is 0 Å². The number of unbranched alkanes of at least 4 members (excludes halogenated alkanes) is 5. The number of carboxylic acid groups (broad SMARTS) is 2. The van der Waals surface area contributed by atoms with Gasteiger partial charge in [-0.1, -0.05) is 52.9 Å². The molecule has 0 aromatic heterocycles. The lowest BCUT2D eigenvalue weighted by Gasteiger charge is -2.46. The van der Waals surface area contributed by atoms with Crippen molar-refractivity contribution in [2.45, 2.75) is 118 Å². The second-order valence-electron chi connectivity index (χ2n) is 11.1. The molecule has 33 heavy (non-hydrogen) atoms. The summed E-state index contributed by atoms with van der Waals surface area (Å²) in [4.78, 5) is 23.3. The van der Waals surface area contributed by atoms with E-state index in [9.17, 15) is 14.7 Å². The minimum absolute atomic E-state index is 0.177. The Kier molecular flexibility index (Phi) is 13.6. The summed E-state index contributed by atoms with van der Waals surface area (Å²) in [7, 11) is 0. The summed E-state index contributed by atoms with van der Waals surface area (Å²) in [6, 6.07) is 0. The van der Waals surface area contributed by atoms with Crippen LogP contribution in [0.3, 0.4) is 0 Å². The SMILES string of the molecule is CCCCCCCCOC(CC(CCCC(=O)O)C1CCNCC1)C(C)(C)C(C)(C)C(=O)O. The Labute approximate surface area is 202 Å². The van der Waals surface area contributed by atoms with Crippen molar-refractivity contribution in [2.75, 3.05) is 19.7 Å². The predicted octanol–water partition coefficient (Wildman–Crippen LogP) is 6.13. The normalized spacial score (nSPS) is 17.6. The van der Waals surface area contributed by atoms with Gasteiger partial charge in [-0.3, -0.25) is 9.59 Å². The zero-order valence-corrected chi connectivity index (χ0v) is 22.0. The molecule has 194 valence electrons. The topological polar surface area (TPSA) is 95.9 Å². The summed E-state index contributed by atoms with van der Waals surface area (Å²) in [5.41, 5.74) is -1.49. The van der Waals surface area contributed by atoms with E-state index in [1.807, 2.05) is 13.8 Å². The highest BCUT2D eigenvalue weighted by Gasteiger charge is 2.49. The molecule has 1 aliphatic rings. The third kappa shape index (κ3) is 9.94. The van der Waals surface area contributed by atoms with Gasteiger partial charge in [0, 0.05) is 18.4 Å². The second-order valence-corrected chi connectivity index (χ2v) is 11.1. The fraction of sp³-hybridized carbons (Fsp3) is 0.926. The molecule has 0 aromatic rings. The van der Waals surface area contributed by atoms with Crippen LogP contribution in [0, 0.1) is 22.7 Å². The zero-order chi connectivity index (χ0) is 24.9. The molecule has 0 aliphatic carbocycles. The van der Waals surface area contributed by atoms with E-state index in [0.717, 1.165) is 51.6 Å². The number of piperidine rings is 1. The molecule has 6 nitrogen and oxygen atoms in total. The molecule has 0 amide bonds. The van der Waals surface area contributed by atoms with E-state index in [1.165, 1.54) is 25.7 Å². The fourth-order valence-electron chi connectivity index (χ4n) is 5.01. The molecule has 1 fully saturated rings. The molecule has 0 aromatic carbocycles. The van der Waals surface area contributed by atoms with Gasteiger partial charge >= 0.3 is 11.9 Å². The number of ether oxygens (including phenoxy) is 1. The fourth-order valence-corrected chi connectivity index (χ4v) is 5.01. The summed E-state index contributed by atoms with van der Waals surface area (Å²) in [6.07, 6.45) is 11.6. The van der Waals surface area contributed by atoms with Gasteiger partial charge in [-0.2, -0.15) is 0 Å². The number of hydrogen-bond donors (Lipinski definition) is 3. The van der Waals surface area contributed by atoms with E-state index in [-0.39, 0.29) is 12.5 Å². The molecule has 3 N–H and O–H groups in total. The van der Waals surface area contributed by atoms with Gasteiger partial charge < -0.3 is 20.3 Å². The molecule has 2 unspecified atom stereocenters. The monoisotopic (exact) mass is 469 g/mol. The molecule has 2 atom stereocenters. The van der Waals surface area contributed by atoms with Crippen LogP contribution in [0.2, 0.25) is 0 Å². The third-order valence-corrected chi connectivity index (χ3v) is 8.30. The molecule has 0 radical (unpaired) electrons. The summed E-state index contributed by atoms with van der Waals surface area (Å²) in [5.74, 6) is -0.666. The number of aliphatic carboxylic acids is 2. The van der Waals surface area contributed by atoms with Gasteiger partial charge in [0.2, 0.25) is 0 Å². The van der Waals surface area contributed by atoms with Crippen LogP contribution in [0.15, 0.2) is 0 Å². The summed E-state index contributed by atoms with van der Waals surface area (Å²) in [5, 5.41) is 22.5. The van der Waals surface area contributed by atoms with Gasteiger partial charge in [0.25, 0.3) is 0 Å². The van der Waals surface area contributed by atoms with Crippen molar-refractivity contribution < 1.29 is 24.5 Å². The first-order chi connectivity index (χ1) is 15.5. The summed E-state index contributed by atoms with van der Waals surface area (Å²) < 4.78 is 6.50. The maximum atomic E-state index is 12.2. The van der Waals surface area contributed by atoms with Crippen LogP contribution >= 0.6 is 0 Å². The summed E-state index contributed by atoms with van der Waals surface area (Å²) in [6.45, 7) is 12.5. The average molecular weight is 470 g/mol. The van der Waals surface area contributed by atoms with Crippen molar-refractivity contribution in [3.05, 3.63) is 0 Å². The van der Waals surface area contributed by atoms with Crippen LogP contribution in [0.5, 0.6) is 0 Å². The summed E-state index contributed by atoms with van der Waals surface area (Å²) >= 11 is 0. The number of rotatable bonds is 18. The molecule has 0 bridgehead atoms. The first-order valence-corrected chi connectivity index (χ1v) is 13.3. The van der Waals surface area contributed by atoms with Crippen molar-refractivity contribution in [3.63, 3.8) is 0 Å². The van der Waals surface area contributed by atoms with E-state index in [4.69, 9.17) is 9.84 Å². The van der Waals surface area contributed by atoms with Crippen molar-refractivity contribution >= 4 is 11.9 Å². The Hall–Kier alpha value is -1.14. The van der Waals surface area contributed by atoms with E-state index in [1.54, 1.807) is 13.8 Å². The molecule has 0 spiro atoms. The Bertz CT molecular complexity index is 569. The standard InChI is InChI=1S/C27H51NO5/c1-6-7-8-9-10-11-19-33-23(26(2,3)27(4,5)25(31)32)20-22(13-12-14-24(29)30)21-15-17-28-18-16-21/h21-23,28H,6-20H2,1-5H3,(H,29,30)(H,31,32). The van der Waals surface area contributed by atoms with Gasteiger partial charge in [-0.15, -0.1) is 0 Å². The lowest BCUT2D eigenvalue weighted by molar-refractivity contribution is -0.165. The highest BCUT2D eigenvalue weighted by atomic mass is 16.5. The smallest absolute Gasteiger partial charge is 0.309 e. The highest BCUT2D eigenvalue weighted by Crippen LogP contribution is 2.46. The van der Waals surface area contributed by atoms with Crippen molar-refractivity contribution in [2.24, 2.45) is 22.7 Å². The number of nitrogens with one attached hydrogen (secondary N) is 1. The Balaban J connectivity index is 2.94. The highest BCUT2D eigenvalue weighted by molar-refractivity contribution is 5.74. The average Bonchev–Trinajstić information content (AvgIpc) is 2.76. The van der Waals surface area contributed by atoms with Crippen LogP contribution in [-0.2, 0) is 14.3 Å². The number of carbonyl (C=O) groups is 2. The van der Waals surface area contributed by atoms with Crippen LogP contribution in [0.4, 0.5) is 0 Å². The zero-order valence-electron chi connectivity index (χ0n) is 22.0. The Morgan fingerprint density at radius 1 is 0.970 bits per heavy atom. The van der Waals surface area contributed by atoms with Crippen molar-refractivity contribution in [1.29, 1.82) is 0 Å². The number of hydrogen-bond acceptors (Lipinski definition) is 4. The van der Waals surface area contributed by atoms with Crippen molar-refractivity contribution in [1.82, 2.24) is 5.32 Å². The maximum Gasteiger partial charge on any atom is 0.309 e. The van der Waals surface area contributed by atoms with E-state index in [2.05, 4.69) is 12.2 Å². The maximum absolute atomic E-state index is 12.2. The largest absolute Gasteiger partial charge is 0.481 e. The Morgan fingerprint density at radius 2 is 1.58 bits per heavy atom. The van der Waals surface area contributed by atoms with Gasteiger partial charge in [-0.05, 0) is 77.3 Å². The van der Waals surface area contributed by atoms with Crippen LogP contribution < -0.4 is 5.32 Å². The molecular weight excluding hydrogens is 418 g/mol. The molecule has 0 saturated carbocycles. The molecular formula is C27H51NO5. The minimum atomic E-state index is -0.932. The molecule has 6 heteroatoms. The third-order valence-electron chi connectivity index (χ3n) is 8.30. The molecule has 1 aliphatic heterocycles. The van der Waals surface area contributed by atoms with Gasteiger partial charge in [0.15, 0.2) is 0 Å². The van der Waals surface area contributed by atoms with Gasteiger partial charge in [0.05, 0.1) is 11.5 Å². The molecule has 1 heterocycles. The molecule has 1 rings (SSSR count). The molecule has 1 saturated heterocycles. The number of carboxylic acids is 2. The van der Waals surface area contributed by atoms with Crippen LogP contribution in [0.1, 0.15) is 112 Å². The van der Waals surface area contributed by atoms with Crippen LogP contribution in [0.25, 0.3) is 0 Å². The predicted molar refractivity (Wildman–Crippen MR) is 134 cm³/mol. The lowest BCUT2D eigenvalue weighted by atomic mass is 9.62. The minimum Gasteiger partial charge on any atom is -0.481 e.